The van der Waals surface area contributed by atoms with Crippen LogP contribution in [0.5, 0.6) is 0 Å². The van der Waals surface area contributed by atoms with Gasteiger partial charge in [-0.3, -0.25) is 0 Å². The van der Waals surface area contributed by atoms with Crippen LogP contribution in [0.3, 0.4) is 0 Å². The van der Waals surface area contributed by atoms with Crippen molar-refractivity contribution in [3.05, 3.63) is 17.8 Å². The minimum absolute atomic E-state index is 0.105. The molecule has 0 saturated carbocycles. The number of anilines is 2. The number of ether oxygens (including phenoxy) is 1. The van der Waals surface area contributed by atoms with E-state index in [4.69, 9.17) is 10.5 Å². The van der Waals surface area contributed by atoms with Gasteiger partial charge >= 0.3 is 5.97 Å². The first-order valence-corrected chi connectivity index (χ1v) is 6.29. The van der Waals surface area contributed by atoms with Crippen molar-refractivity contribution in [2.75, 3.05) is 30.8 Å². The number of pyridine rings is 1. The number of nitrogen functional groups attached to an aromatic ring is 1. The molecule has 1 aliphatic rings. The zero-order chi connectivity index (χ0) is 14.0. The van der Waals surface area contributed by atoms with Gasteiger partial charge in [0.1, 0.15) is 5.82 Å². The van der Waals surface area contributed by atoms with Crippen LogP contribution in [0.25, 0.3) is 0 Å². The van der Waals surface area contributed by atoms with Crippen LogP contribution in [0.2, 0.25) is 0 Å². The first-order valence-electron chi connectivity index (χ1n) is 6.29. The average molecular weight is 265 g/mol. The lowest BCUT2D eigenvalue weighted by atomic mass is 9.95. The second-order valence-corrected chi connectivity index (χ2v) is 4.92. The number of carboxylic acid groups (broad SMARTS) is 1. The predicted octanol–water partition coefficient (Wildman–Crippen LogP) is 1.22. The van der Waals surface area contributed by atoms with Gasteiger partial charge in [-0.25, -0.2) is 9.78 Å². The van der Waals surface area contributed by atoms with Crippen LogP contribution >= 0.6 is 0 Å². The van der Waals surface area contributed by atoms with E-state index in [1.807, 2.05) is 4.90 Å². The SMILES string of the molecule is COC1CN(c2cnc(N)cc2C(=O)O)CCC1C. The third-order valence-electron chi connectivity index (χ3n) is 3.67. The Balaban J connectivity index is 2.29. The number of methoxy groups -OCH3 is 1. The molecule has 3 N–H and O–H groups in total. The third kappa shape index (κ3) is 2.78. The second kappa shape index (κ2) is 5.44. The highest BCUT2D eigenvalue weighted by Crippen LogP contribution is 2.27. The molecule has 6 nitrogen and oxygen atoms in total. The first kappa shape index (κ1) is 13.6. The predicted molar refractivity (Wildman–Crippen MR) is 72.4 cm³/mol. The monoisotopic (exact) mass is 265 g/mol. The van der Waals surface area contributed by atoms with Gasteiger partial charge < -0.3 is 20.5 Å². The zero-order valence-electron chi connectivity index (χ0n) is 11.2. The van der Waals surface area contributed by atoms with Crippen LogP contribution in [-0.4, -0.2) is 42.4 Å². The number of aromatic nitrogens is 1. The molecule has 0 aromatic carbocycles. The summed E-state index contributed by atoms with van der Waals surface area (Å²) in [6, 6.07) is 1.40. The van der Waals surface area contributed by atoms with E-state index >= 15 is 0 Å². The normalized spacial score (nSPS) is 23.4. The van der Waals surface area contributed by atoms with E-state index in [1.54, 1.807) is 7.11 Å². The first-order chi connectivity index (χ1) is 9.02. The number of nitrogens with zero attached hydrogens (tertiary/aromatic N) is 2. The highest BCUT2D eigenvalue weighted by atomic mass is 16.5. The number of nitrogens with two attached hydrogens (primary N) is 1. The number of carbonyl (C=O) groups is 1. The topological polar surface area (TPSA) is 88.7 Å². The molecule has 1 fully saturated rings. The van der Waals surface area contributed by atoms with E-state index in [0.717, 1.165) is 13.0 Å². The van der Waals surface area contributed by atoms with E-state index in [2.05, 4.69) is 11.9 Å². The third-order valence-corrected chi connectivity index (χ3v) is 3.67. The minimum Gasteiger partial charge on any atom is -0.478 e. The van der Waals surface area contributed by atoms with Crippen LogP contribution in [0.15, 0.2) is 12.3 Å². The molecule has 19 heavy (non-hydrogen) atoms. The Morgan fingerprint density at radius 1 is 1.63 bits per heavy atom. The van der Waals surface area contributed by atoms with Crippen molar-refractivity contribution in [2.45, 2.75) is 19.4 Å². The molecule has 0 spiro atoms. The van der Waals surface area contributed by atoms with E-state index in [-0.39, 0.29) is 17.5 Å². The van der Waals surface area contributed by atoms with E-state index in [1.165, 1.54) is 12.3 Å². The molecular formula is C13H19N3O3. The Morgan fingerprint density at radius 3 is 3.00 bits per heavy atom. The summed E-state index contributed by atoms with van der Waals surface area (Å²) in [5.74, 6) is -0.303. The average Bonchev–Trinajstić information content (AvgIpc) is 2.39. The second-order valence-electron chi connectivity index (χ2n) is 4.92. The smallest absolute Gasteiger partial charge is 0.338 e. The van der Waals surface area contributed by atoms with Crippen LogP contribution < -0.4 is 10.6 Å². The van der Waals surface area contributed by atoms with Gasteiger partial charge in [0.15, 0.2) is 0 Å². The van der Waals surface area contributed by atoms with Crippen molar-refractivity contribution in [1.29, 1.82) is 0 Å². The highest BCUT2D eigenvalue weighted by molar-refractivity contribution is 5.95. The number of aromatic carboxylic acids is 1. The maximum atomic E-state index is 11.3. The lowest BCUT2D eigenvalue weighted by molar-refractivity contribution is 0.0496. The maximum Gasteiger partial charge on any atom is 0.338 e. The summed E-state index contributed by atoms with van der Waals surface area (Å²) in [6.45, 7) is 3.61. The van der Waals surface area contributed by atoms with E-state index in [9.17, 15) is 9.90 Å². The Morgan fingerprint density at radius 2 is 2.37 bits per heavy atom. The summed E-state index contributed by atoms with van der Waals surface area (Å²) >= 11 is 0. The molecule has 1 saturated heterocycles. The molecule has 1 aliphatic heterocycles. The fourth-order valence-corrected chi connectivity index (χ4v) is 2.45. The Hall–Kier alpha value is -1.82. The lowest BCUT2D eigenvalue weighted by Gasteiger charge is -2.37. The van der Waals surface area contributed by atoms with Gasteiger partial charge in [-0.05, 0) is 18.4 Å². The molecule has 2 unspecified atom stereocenters. The number of piperidine rings is 1. The molecule has 0 aliphatic carbocycles. The number of hydrogen-bond acceptors (Lipinski definition) is 5. The van der Waals surface area contributed by atoms with Crippen molar-refractivity contribution >= 4 is 17.5 Å². The standard InChI is InChI=1S/C13H19N3O3/c1-8-3-4-16(7-11(8)19-2)10-6-15-12(14)5-9(10)13(17)18/h5-6,8,11H,3-4,7H2,1-2H3,(H2,14,15)(H,17,18). The summed E-state index contributed by atoms with van der Waals surface area (Å²) in [7, 11) is 1.68. The number of carboxylic acids is 1. The summed E-state index contributed by atoms with van der Waals surface area (Å²) in [4.78, 5) is 17.3. The molecule has 6 heteroatoms. The molecule has 1 aromatic heterocycles. The fourth-order valence-electron chi connectivity index (χ4n) is 2.45. The van der Waals surface area contributed by atoms with E-state index in [0.29, 0.717) is 18.2 Å². The molecule has 2 atom stereocenters. The Labute approximate surface area is 112 Å². The number of rotatable bonds is 3. The highest BCUT2D eigenvalue weighted by Gasteiger charge is 2.28. The Kier molecular flexibility index (Phi) is 3.90. The van der Waals surface area contributed by atoms with Gasteiger partial charge in [-0.2, -0.15) is 0 Å². The van der Waals surface area contributed by atoms with Gasteiger partial charge in [0.25, 0.3) is 0 Å². The summed E-state index contributed by atoms with van der Waals surface area (Å²) < 4.78 is 5.45. The molecule has 2 heterocycles. The van der Waals surface area contributed by atoms with Crippen molar-refractivity contribution < 1.29 is 14.6 Å². The fraction of sp³-hybridized carbons (Fsp3) is 0.538. The summed E-state index contributed by atoms with van der Waals surface area (Å²) in [6.07, 6.45) is 2.59. The maximum absolute atomic E-state index is 11.3. The van der Waals surface area contributed by atoms with Crippen LogP contribution in [0.4, 0.5) is 11.5 Å². The van der Waals surface area contributed by atoms with Crippen molar-refractivity contribution in [3.63, 3.8) is 0 Å². The molecule has 0 bridgehead atoms. The van der Waals surface area contributed by atoms with Crippen LogP contribution in [0, 0.1) is 5.92 Å². The molecule has 2 rings (SSSR count). The molecule has 1 aromatic rings. The van der Waals surface area contributed by atoms with Crippen LogP contribution in [0.1, 0.15) is 23.7 Å². The van der Waals surface area contributed by atoms with Gasteiger partial charge in [-0.1, -0.05) is 6.92 Å². The zero-order valence-corrected chi connectivity index (χ0v) is 11.2. The largest absolute Gasteiger partial charge is 0.478 e. The van der Waals surface area contributed by atoms with Crippen molar-refractivity contribution in [2.24, 2.45) is 5.92 Å². The van der Waals surface area contributed by atoms with E-state index < -0.39 is 5.97 Å². The minimum atomic E-state index is -0.989. The van der Waals surface area contributed by atoms with Crippen LogP contribution in [-0.2, 0) is 4.74 Å². The number of hydrogen-bond donors (Lipinski definition) is 2. The van der Waals surface area contributed by atoms with Gasteiger partial charge in [0, 0.05) is 20.2 Å². The molecule has 0 radical (unpaired) electrons. The Bertz CT molecular complexity index is 478. The molecule has 0 amide bonds. The van der Waals surface area contributed by atoms with Crippen molar-refractivity contribution in [3.8, 4) is 0 Å². The lowest BCUT2D eigenvalue weighted by Crippen LogP contribution is -2.44. The van der Waals surface area contributed by atoms with Gasteiger partial charge in [-0.15, -0.1) is 0 Å². The quantitative estimate of drug-likeness (QED) is 0.854. The van der Waals surface area contributed by atoms with Gasteiger partial charge in [0.05, 0.1) is 23.6 Å². The van der Waals surface area contributed by atoms with Gasteiger partial charge in [0.2, 0.25) is 0 Å². The van der Waals surface area contributed by atoms with Crippen molar-refractivity contribution in [1.82, 2.24) is 4.98 Å². The molecular weight excluding hydrogens is 246 g/mol. The summed E-state index contributed by atoms with van der Waals surface area (Å²) in [5, 5.41) is 9.25. The molecule has 104 valence electrons. The summed E-state index contributed by atoms with van der Waals surface area (Å²) in [5.41, 5.74) is 6.35.